The minimum absolute atomic E-state index is 0.0117. The monoisotopic (exact) mass is 257 g/mol. The Labute approximate surface area is 112 Å². The molecule has 1 aromatic heterocycles. The predicted molar refractivity (Wildman–Crippen MR) is 75.3 cm³/mol. The topological polar surface area (TPSA) is 46.9 Å². The first-order chi connectivity index (χ1) is 9.20. The molecule has 4 nitrogen and oxygen atoms in total. The van der Waals surface area contributed by atoms with Gasteiger partial charge in [-0.2, -0.15) is 0 Å². The zero-order chi connectivity index (χ0) is 13.4. The second-order valence-electron chi connectivity index (χ2n) is 5.26. The molecular formula is C15H19N3O. The van der Waals surface area contributed by atoms with Gasteiger partial charge in [0.05, 0.1) is 11.0 Å². The van der Waals surface area contributed by atoms with Crippen molar-refractivity contribution in [3.05, 3.63) is 29.6 Å². The number of hydrogen-bond acceptors (Lipinski definition) is 2. The van der Waals surface area contributed by atoms with E-state index in [1.165, 1.54) is 12.8 Å². The Balaban J connectivity index is 1.94. The Kier molecular flexibility index (Phi) is 3.01. The highest BCUT2D eigenvalue weighted by atomic mass is 16.1. The third-order valence-corrected chi connectivity index (χ3v) is 3.66. The number of fused-ring (bicyclic) bond motifs is 1. The van der Waals surface area contributed by atoms with Gasteiger partial charge in [-0.15, -0.1) is 0 Å². The molecule has 1 saturated carbocycles. The summed E-state index contributed by atoms with van der Waals surface area (Å²) in [5.41, 5.74) is 2.73. The molecule has 0 radical (unpaired) electrons. The number of imidazole rings is 1. The van der Waals surface area contributed by atoms with Gasteiger partial charge in [0.1, 0.15) is 5.82 Å². The van der Waals surface area contributed by atoms with Crippen LogP contribution < -0.4 is 5.32 Å². The van der Waals surface area contributed by atoms with Crippen molar-refractivity contribution < 1.29 is 4.79 Å². The first-order valence-electron chi connectivity index (χ1n) is 6.95. The zero-order valence-electron chi connectivity index (χ0n) is 11.4. The van der Waals surface area contributed by atoms with E-state index < -0.39 is 0 Å². The van der Waals surface area contributed by atoms with E-state index >= 15 is 0 Å². The summed E-state index contributed by atoms with van der Waals surface area (Å²) in [6, 6.07) is 5.77. The van der Waals surface area contributed by atoms with Crippen LogP contribution in [-0.4, -0.2) is 22.0 Å². The highest BCUT2D eigenvalue weighted by Gasteiger charge is 2.28. The van der Waals surface area contributed by atoms with E-state index in [9.17, 15) is 4.79 Å². The molecule has 1 fully saturated rings. The highest BCUT2D eigenvalue weighted by molar-refractivity contribution is 5.97. The third-order valence-electron chi connectivity index (χ3n) is 3.66. The van der Waals surface area contributed by atoms with Gasteiger partial charge in [0, 0.05) is 25.1 Å². The molecule has 19 heavy (non-hydrogen) atoms. The maximum atomic E-state index is 11.9. The number of amides is 1. The summed E-state index contributed by atoms with van der Waals surface area (Å²) in [5.74, 6) is 1.76. The molecule has 4 heteroatoms. The molecule has 1 aliphatic rings. The van der Waals surface area contributed by atoms with Crippen LogP contribution >= 0.6 is 0 Å². The number of hydrogen-bond donors (Lipinski definition) is 1. The summed E-state index contributed by atoms with van der Waals surface area (Å²) in [7, 11) is 2.06. The normalized spacial score (nSPS) is 14.8. The minimum Gasteiger partial charge on any atom is -0.352 e. The van der Waals surface area contributed by atoms with Gasteiger partial charge in [-0.3, -0.25) is 4.79 Å². The lowest BCUT2D eigenvalue weighted by Crippen LogP contribution is -2.23. The van der Waals surface area contributed by atoms with Gasteiger partial charge < -0.3 is 9.88 Å². The quantitative estimate of drug-likeness (QED) is 0.915. The van der Waals surface area contributed by atoms with Crippen molar-refractivity contribution in [1.82, 2.24) is 14.9 Å². The number of aryl methyl sites for hydroxylation is 1. The smallest absolute Gasteiger partial charge is 0.251 e. The van der Waals surface area contributed by atoms with E-state index in [4.69, 9.17) is 0 Å². The van der Waals surface area contributed by atoms with E-state index in [2.05, 4.69) is 21.9 Å². The molecule has 0 saturated heterocycles. The molecular weight excluding hydrogens is 238 g/mol. The van der Waals surface area contributed by atoms with Crippen molar-refractivity contribution >= 4 is 16.9 Å². The molecule has 0 unspecified atom stereocenters. The molecule has 100 valence electrons. The fourth-order valence-corrected chi connectivity index (χ4v) is 2.41. The van der Waals surface area contributed by atoms with E-state index in [-0.39, 0.29) is 5.91 Å². The molecule has 1 heterocycles. The SMILES string of the molecule is CCCNC(=O)c1ccc2c(c1)nc(C1CC1)n2C. The van der Waals surface area contributed by atoms with Gasteiger partial charge in [-0.05, 0) is 37.5 Å². The van der Waals surface area contributed by atoms with Crippen LogP contribution in [0.1, 0.15) is 48.3 Å². The van der Waals surface area contributed by atoms with Gasteiger partial charge >= 0.3 is 0 Å². The number of nitrogens with one attached hydrogen (secondary N) is 1. The first-order valence-corrected chi connectivity index (χ1v) is 6.95. The van der Waals surface area contributed by atoms with Crippen LogP contribution in [0.4, 0.5) is 0 Å². The molecule has 3 rings (SSSR count). The summed E-state index contributed by atoms with van der Waals surface area (Å²) < 4.78 is 2.15. The van der Waals surface area contributed by atoms with Crippen LogP contribution in [0.15, 0.2) is 18.2 Å². The molecule has 2 aromatic rings. The van der Waals surface area contributed by atoms with Gasteiger partial charge in [-0.25, -0.2) is 4.98 Å². The lowest BCUT2D eigenvalue weighted by molar-refractivity contribution is 0.0954. The summed E-state index contributed by atoms with van der Waals surface area (Å²) in [6.07, 6.45) is 3.42. The number of carbonyl (C=O) groups is 1. The summed E-state index contributed by atoms with van der Waals surface area (Å²) in [4.78, 5) is 16.6. The molecule has 1 aromatic carbocycles. The standard InChI is InChI=1S/C15H19N3O/c1-3-8-16-15(19)11-6-7-13-12(9-11)17-14(18(13)2)10-4-5-10/h6-7,9-10H,3-5,8H2,1-2H3,(H,16,19). The predicted octanol–water partition coefficient (Wildman–Crippen LogP) is 2.59. The van der Waals surface area contributed by atoms with Crippen LogP contribution in [0, 0.1) is 0 Å². The second kappa shape index (κ2) is 4.68. The number of aromatic nitrogens is 2. The van der Waals surface area contributed by atoms with Gasteiger partial charge in [-0.1, -0.05) is 6.92 Å². The fraction of sp³-hybridized carbons (Fsp3) is 0.467. The average Bonchev–Trinajstić information content (AvgIpc) is 3.21. The molecule has 1 N–H and O–H groups in total. The molecule has 0 bridgehead atoms. The molecule has 0 aliphatic heterocycles. The molecule has 1 amide bonds. The Morgan fingerprint density at radius 2 is 2.26 bits per heavy atom. The number of carbonyl (C=O) groups excluding carboxylic acids is 1. The number of rotatable bonds is 4. The van der Waals surface area contributed by atoms with Crippen LogP contribution in [0.5, 0.6) is 0 Å². The number of benzene rings is 1. The number of nitrogens with zero attached hydrogens (tertiary/aromatic N) is 2. The molecule has 1 aliphatic carbocycles. The maximum Gasteiger partial charge on any atom is 0.251 e. The summed E-state index contributed by atoms with van der Waals surface area (Å²) >= 11 is 0. The van der Waals surface area contributed by atoms with Crippen LogP contribution in [0.3, 0.4) is 0 Å². The maximum absolute atomic E-state index is 11.9. The lowest BCUT2D eigenvalue weighted by Gasteiger charge is -2.03. The van der Waals surface area contributed by atoms with Crippen molar-refractivity contribution in [2.75, 3.05) is 6.54 Å². The Morgan fingerprint density at radius 3 is 2.95 bits per heavy atom. The summed E-state index contributed by atoms with van der Waals surface area (Å²) in [5, 5.41) is 2.90. The summed E-state index contributed by atoms with van der Waals surface area (Å²) in [6.45, 7) is 2.76. The van der Waals surface area contributed by atoms with Gasteiger partial charge in [0.15, 0.2) is 0 Å². The van der Waals surface area contributed by atoms with Crippen molar-refractivity contribution in [2.45, 2.75) is 32.1 Å². The van der Waals surface area contributed by atoms with E-state index in [1.807, 2.05) is 25.1 Å². The first kappa shape index (κ1) is 12.2. The van der Waals surface area contributed by atoms with Gasteiger partial charge in [0.2, 0.25) is 0 Å². The van der Waals surface area contributed by atoms with Crippen molar-refractivity contribution in [3.63, 3.8) is 0 Å². The fourth-order valence-electron chi connectivity index (χ4n) is 2.41. The minimum atomic E-state index is -0.0117. The average molecular weight is 257 g/mol. The Morgan fingerprint density at radius 1 is 1.47 bits per heavy atom. The highest BCUT2D eigenvalue weighted by Crippen LogP contribution is 2.40. The molecule has 0 atom stereocenters. The zero-order valence-corrected chi connectivity index (χ0v) is 11.4. The third kappa shape index (κ3) is 2.23. The second-order valence-corrected chi connectivity index (χ2v) is 5.26. The van der Waals surface area contributed by atoms with E-state index in [0.717, 1.165) is 23.3 Å². The van der Waals surface area contributed by atoms with Crippen molar-refractivity contribution in [2.24, 2.45) is 7.05 Å². The Bertz CT molecular complexity index is 626. The van der Waals surface area contributed by atoms with Crippen LogP contribution in [-0.2, 0) is 7.05 Å². The molecule has 0 spiro atoms. The van der Waals surface area contributed by atoms with E-state index in [0.29, 0.717) is 18.0 Å². The van der Waals surface area contributed by atoms with Crippen molar-refractivity contribution in [3.8, 4) is 0 Å². The van der Waals surface area contributed by atoms with Crippen LogP contribution in [0.25, 0.3) is 11.0 Å². The van der Waals surface area contributed by atoms with Crippen LogP contribution in [0.2, 0.25) is 0 Å². The van der Waals surface area contributed by atoms with Gasteiger partial charge in [0.25, 0.3) is 5.91 Å². The van der Waals surface area contributed by atoms with Crippen molar-refractivity contribution in [1.29, 1.82) is 0 Å². The largest absolute Gasteiger partial charge is 0.352 e. The lowest BCUT2D eigenvalue weighted by atomic mass is 10.2. The Hall–Kier alpha value is -1.84. The van der Waals surface area contributed by atoms with E-state index in [1.54, 1.807) is 0 Å².